The van der Waals surface area contributed by atoms with Crippen molar-refractivity contribution in [1.29, 1.82) is 0 Å². The number of benzene rings is 1. The number of hydrogen-bond donors (Lipinski definition) is 2. The molecule has 7 nitrogen and oxygen atoms in total. The van der Waals surface area contributed by atoms with E-state index >= 15 is 0 Å². The molecule has 0 saturated heterocycles. The molecule has 0 bridgehead atoms. The Bertz CT molecular complexity index is 686. The van der Waals surface area contributed by atoms with Crippen LogP contribution in [0.25, 0.3) is 0 Å². The van der Waals surface area contributed by atoms with E-state index in [1.807, 2.05) is 0 Å². The number of aromatic nitrogens is 3. The van der Waals surface area contributed by atoms with Gasteiger partial charge in [-0.3, -0.25) is 4.55 Å². The Morgan fingerprint density at radius 3 is 2.00 bits per heavy atom. The maximum Gasteiger partial charge on any atom is 0.315 e. The van der Waals surface area contributed by atoms with Gasteiger partial charge in [-0.05, 0) is 24.3 Å². The molecule has 1 heterocycles. The quantitative estimate of drug-likeness (QED) is 0.816. The highest BCUT2D eigenvalue weighted by atomic mass is 32.2. The Morgan fingerprint density at radius 2 is 1.53 bits per heavy atom. The third-order valence-electron chi connectivity index (χ3n) is 1.99. The van der Waals surface area contributed by atoms with Gasteiger partial charge >= 0.3 is 12.2 Å². The first kappa shape index (κ1) is 13.2. The molecule has 0 spiro atoms. The third kappa shape index (κ3) is 3.39. The van der Waals surface area contributed by atoms with Crippen LogP contribution in [0.2, 0.25) is 0 Å². The highest BCUT2D eigenvalue weighted by molar-refractivity contribution is 7.85. The molecule has 0 aliphatic heterocycles. The minimum absolute atomic E-state index is 0.275. The van der Waals surface area contributed by atoms with E-state index in [4.69, 9.17) is 4.55 Å². The van der Waals surface area contributed by atoms with Gasteiger partial charge < -0.3 is 5.32 Å². The summed E-state index contributed by atoms with van der Waals surface area (Å²) in [5.74, 6) is -0.371. The molecule has 0 amide bonds. The summed E-state index contributed by atoms with van der Waals surface area (Å²) in [5.41, 5.74) is 0.275. The largest absolute Gasteiger partial charge is 0.324 e. The molecule has 0 atom stereocenters. The molecule has 100 valence electrons. The lowest BCUT2D eigenvalue weighted by atomic mass is 10.3. The molecule has 0 saturated carbocycles. The second-order valence-corrected chi connectivity index (χ2v) is 4.74. The molecule has 2 N–H and O–H groups in total. The third-order valence-corrected chi connectivity index (χ3v) is 2.86. The molecule has 1 aromatic carbocycles. The molecule has 19 heavy (non-hydrogen) atoms. The lowest BCUT2D eigenvalue weighted by molar-refractivity contribution is 0.458. The van der Waals surface area contributed by atoms with Crippen LogP contribution in [0.3, 0.4) is 0 Å². The van der Waals surface area contributed by atoms with Crippen molar-refractivity contribution in [3.05, 3.63) is 36.4 Å². The highest BCUT2D eigenvalue weighted by Gasteiger charge is 2.09. The standard InChI is InChI=1S/C9H6F2N4O3S/c10-7-13-8(11)15-9(14-7)12-5-1-3-6(4-2-5)19(16,17)18/h1-4H,(H,16,17,18)(H,12,13,14,15). The number of rotatable bonds is 3. The van der Waals surface area contributed by atoms with Gasteiger partial charge in [-0.1, -0.05) is 0 Å². The van der Waals surface area contributed by atoms with Gasteiger partial charge in [-0.25, -0.2) is 0 Å². The maximum atomic E-state index is 12.7. The summed E-state index contributed by atoms with van der Waals surface area (Å²) < 4.78 is 55.7. The number of halogens is 2. The molecule has 0 radical (unpaired) electrons. The van der Waals surface area contributed by atoms with Crippen LogP contribution in [-0.4, -0.2) is 27.9 Å². The van der Waals surface area contributed by atoms with Gasteiger partial charge in [0.1, 0.15) is 0 Å². The topological polar surface area (TPSA) is 105 Å². The minimum atomic E-state index is -4.29. The first-order valence-corrected chi connectivity index (χ1v) is 6.20. The monoisotopic (exact) mass is 288 g/mol. The zero-order chi connectivity index (χ0) is 14.0. The van der Waals surface area contributed by atoms with Gasteiger partial charge in [-0.2, -0.15) is 32.2 Å². The predicted octanol–water partition coefficient (Wildman–Crippen LogP) is 1.14. The summed E-state index contributed by atoms with van der Waals surface area (Å²) >= 11 is 0. The minimum Gasteiger partial charge on any atom is -0.324 e. The van der Waals surface area contributed by atoms with Crippen molar-refractivity contribution in [1.82, 2.24) is 15.0 Å². The normalized spacial score (nSPS) is 11.3. The summed E-state index contributed by atoms with van der Waals surface area (Å²) in [4.78, 5) is 8.79. The van der Waals surface area contributed by atoms with E-state index in [1.54, 1.807) is 0 Å². The fourth-order valence-electron chi connectivity index (χ4n) is 1.22. The second-order valence-electron chi connectivity index (χ2n) is 3.32. The molecule has 0 aliphatic carbocycles. The van der Waals surface area contributed by atoms with E-state index in [-0.39, 0.29) is 16.5 Å². The zero-order valence-electron chi connectivity index (χ0n) is 9.08. The fraction of sp³-hybridized carbons (Fsp3) is 0. The van der Waals surface area contributed by atoms with E-state index in [9.17, 15) is 17.2 Å². The van der Waals surface area contributed by atoms with Crippen LogP contribution >= 0.6 is 0 Å². The zero-order valence-corrected chi connectivity index (χ0v) is 9.90. The Hall–Kier alpha value is -2.20. The Kier molecular flexibility index (Phi) is 3.36. The molecule has 0 fully saturated rings. The van der Waals surface area contributed by atoms with Gasteiger partial charge in [0.05, 0.1) is 4.90 Å². The summed E-state index contributed by atoms with van der Waals surface area (Å²) in [6.45, 7) is 0. The average Bonchev–Trinajstić information content (AvgIpc) is 2.26. The van der Waals surface area contributed by atoms with E-state index in [2.05, 4.69) is 20.3 Å². The summed E-state index contributed by atoms with van der Waals surface area (Å²) in [6, 6.07) is 4.74. The first-order valence-electron chi connectivity index (χ1n) is 4.76. The Labute approximate surface area is 106 Å². The maximum absolute atomic E-state index is 12.7. The lowest BCUT2D eigenvalue weighted by Gasteiger charge is -2.04. The number of nitrogens with one attached hydrogen (secondary N) is 1. The van der Waals surface area contributed by atoms with Crippen LogP contribution in [0.15, 0.2) is 29.2 Å². The van der Waals surface area contributed by atoms with Crippen molar-refractivity contribution < 1.29 is 21.8 Å². The van der Waals surface area contributed by atoms with Crippen LogP contribution < -0.4 is 5.32 Å². The first-order chi connectivity index (χ1) is 8.84. The molecule has 2 rings (SSSR count). The SMILES string of the molecule is O=S(=O)(O)c1ccc(Nc2nc(F)nc(F)n2)cc1. The van der Waals surface area contributed by atoms with Crippen molar-refractivity contribution >= 4 is 21.8 Å². The van der Waals surface area contributed by atoms with Crippen LogP contribution in [0.4, 0.5) is 20.4 Å². The molecule has 1 aromatic heterocycles. The van der Waals surface area contributed by atoms with Gasteiger partial charge in [0.2, 0.25) is 5.95 Å². The molecule has 10 heteroatoms. The van der Waals surface area contributed by atoms with Crippen molar-refractivity contribution in [2.75, 3.05) is 5.32 Å². The van der Waals surface area contributed by atoms with Crippen molar-refractivity contribution in [2.24, 2.45) is 0 Å². The van der Waals surface area contributed by atoms with Crippen molar-refractivity contribution in [3.63, 3.8) is 0 Å². The predicted molar refractivity (Wildman–Crippen MR) is 59.3 cm³/mol. The van der Waals surface area contributed by atoms with Crippen molar-refractivity contribution in [2.45, 2.75) is 4.90 Å². The second kappa shape index (κ2) is 4.82. The van der Waals surface area contributed by atoms with Crippen LogP contribution in [0.5, 0.6) is 0 Å². The van der Waals surface area contributed by atoms with Gasteiger partial charge in [-0.15, -0.1) is 0 Å². The number of nitrogens with zero attached hydrogens (tertiary/aromatic N) is 3. The summed E-state index contributed by atoms with van der Waals surface area (Å²) in [6.07, 6.45) is -2.57. The lowest BCUT2D eigenvalue weighted by Crippen LogP contribution is -2.04. The van der Waals surface area contributed by atoms with Gasteiger partial charge in [0.25, 0.3) is 10.1 Å². The smallest absolute Gasteiger partial charge is 0.315 e. The Balaban J connectivity index is 2.24. The molecule has 0 aliphatic rings. The molecule has 2 aromatic rings. The number of anilines is 2. The van der Waals surface area contributed by atoms with Crippen molar-refractivity contribution in [3.8, 4) is 0 Å². The van der Waals surface area contributed by atoms with E-state index < -0.39 is 22.3 Å². The molecular formula is C9H6F2N4O3S. The highest BCUT2D eigenvalue weighted by Crippen LogP contribution is 2.16. The van der Waals surface area contributed by atoms with E-state index in [0.717, 1.165) is 12.1 Å². The summed E-state index contributed by atoms with van der Waals surface area (Å²) in [7, 11) is -4.29. The Morgan fingerprint density at radius 1 is 1.00 bits per heavy atom. The molecule has 0 unspecified atom stereocenters. The average molecular weight is 288 g/mol. The van der Waals surface area contributed by atoms with E-state index in [0.29, 0.717) is 0 Å². The fourth-order valence-corrected chi connectivity index (χ4v) is 1.70. The van der Waals surface area contributed by atoms with Gasteiger partial charge in [0, 0.05) is 5.69 Å². The van der Waals surface area contributed by atoms with Crippen LogP contribution in [0, 0.1) is 12.2 Å². The van der Waals surface area contributed by atoms with E-state index in [1.165, 1.54) is 12.1 Å². The van der Waals surface area contributed by atoms with Crippen LogP contribution in [0.1, 0.15) is 0 Å². The molecular weight excluding hydrogens is 282 g/mol. The number of hydrogen-bond acceptors (Lipinski definition) is 6. The summed E-state index contributed by atoms with van der Waals surface area (Å²) in [5, 5.41) is 2.45. The van der Waals surface area contributed by atoms with Crippen LogP contribution in [-0.2, 0) is 10.1 Å². The van der Waals surface area contributed by atoms with Gasteiger partial charge in [0.15, 0.2) is 0 Å².